The van der Waals surface area contributed by atoms with Crippen molar-refractivity contribution in [2.75, 3.05) is 31.4 Å². The molecule has 33 heavy (non-hydrogen) atoms. The lowest BCUT2D eigenvalue weighted by molar-refractivity contribution is -0.584. The Labute approximate surface area is 188 Å². The second-order valence-electron chi connectivity index (χ2n) is 7.89. The zero-order chi connectivity index (χ0) is 23.6. The zero-order valence-corrected chi connectivity index (χ0v) is 17.7. The van der Waals surface area contributed by atoms with Crippen molar-refractivity contribution >= 4 is 17.3 Å². The van der Waals surface area contributed by atoms with E-state index in [1.54, 1.807) is 18.2 Å². The molecule has 2 atom stereocenters. The minimum Gasteiger partial charge on any atom is -0.493 e. The fraction of sp³-hybridized carbons (Fsp3) is 0.348. The number of carbonyl (C=O) groups is 1. The van der Waals surface area contributed by atoms with Crippen LogP contribution in [0.4, 0.5) is 24.5 Å². The van der Waals surface area contributed by atoms with E-state index in [0.717, 1.165) is 24.6 Å². The Balaban J connectivity index is 1.63. The van der Waals surface area contributed by atoms with Crippen LogP contribution in [-0.4, -0.2) is 37.1 Å². The number of halogens is 3. The predicted molar refractivity (Wildman–Crippen MR) is 114 cm³/mol. The normalized spacial score (nSPS) is 20.0. The number of amides is 1. The number of ether oxygens (including phenoxy) is 2. The number of nitrogens with one attached hydrogen (secondary N) is 1. The number of alkyl halides is 3. The summed E-state index contributed by atoms with van der Waals surface area (Å²) in [5.74, 6) is 0.413. The van der Waals surface area contributed by atoms with Gasteiger partial charge in [-0.3, -0.25) is 4.79 Å². The van der Waals surface area contributed by atoms with Crippen molar-refractivity contribution in [3.05, 3.63) is 71.2 Å². The smallest absolute Gasteiger partial charge is 0.416 e. The van der Waals surface area contributed by atoms with Crippen molar-refractivity contribution in [1.82, 2.24) is 5.32 Å². The standard InChI is InChI=1S/C23H22F3N3O4/c1-2-22(30)27-12-21-19-11-18(33-14-15-9-10-32-13-15)7-8-20(19)28(29(21)31)17-5-3-16(4-6-17)23(24,25)26/h2-8,11,15,21H,1,9-10,12-14H2/p+1/t15-,21?/m0/s1. The van der Waals surface area contributed by atoms with Crippen LogP contribution in [0, 0.1) is 10.8 Å². The first-order valence-electron chi connectivity index (χ1n) is 10.5. The SMILES string of the molecule is C=CC(=O)NCC1c2cc(OC[C@H]3CCOC3)ccc2N(c2ccc(C(F)(F)F)cc2)[N+]1=O. The van der Waals surface area contributed by atoms with Gasteiger partial charge < -0.3 is 14.8 Å². The van der Waals surface area contributed by atoms with E-state index < -0.39 is 23.7 Å². The highest BCUT2D eigenvalue weighted by Gasteiger charge is 2.47. The van der Waals surface area contributed by atoms with Gasteiger partial charge in [-0.2, -0.15) is 13.2 Å². The summed E-state index contributed by atoms with van der Waals surface area (Å²) in [6, 6.07) is 8.67. The molecule has 0 aliphatic carbocycles. The molecule has 0 radical (unpaired) electrons. The molecule has 7 nitrogen and oxygen atoms in total. The molecule has 2 heterocycles. The monoisotopic (exact) mass is 462 g/mol. The van der Waals surface area contributed by atoms with Gasteiger partial charge in [0.2, 0.25) is 5.91 Å². The van der Waals surface area contributed by atoms with Gasteiger partial charge >= 0.3 is 6.18 Å². The molecule has 1 amide bonds. The molecule has 1 N–H and O–H groups in total. The van der Waals surface area contributed by atoms with E-state index in [1.165, 1.54) is 17.1 Å². The number of hydrogen-bond acceptors (Lipinski definition) is 4. The lowest BCUT2D eigenvalue weighted by Crippen LogP contribution is -2.33. The Morgan fingerprint density at radius 2 is 2.03 bits per heavy atom. The number of anilines is 2. The average molecular weight is 462 g/mol. The van der Waals surface area contributed by atoms with Crippen LogP contribution in [0.25, 0.3) is 0 Å². The summed E-state index contributed by atoms with van der Waals surface area (Å²) in [6.07, 6.45) is -2.47. The van der Waals surface area contributed by atoms with Gasteiger partial charge in [-0.15, -0.1) is 0 Å². The number of nitrogens with zero attached hydrogens (tertiary/aromatic N) is 2. The van der Waals surface area contributed by atoms with Gasteiger partial charge in [0.05, 0.1) is 35.8 Å². The Hall–Kier alpha value is -3.40. The maximum absolute atomic E-state index is 13.2. The van der Waals surface area contributed by atoms with Crippen LogP contribution in [0.1, 0.15) is 23.6 Å². The van der Waals surface area contributed by atoms with Gasteiger partial charge in [0.1, 0.15) is 22.0 Å². The van der Waals surface area contributed by atoms with Gasteiger partial charge in [-0.05, 0) is 55.0 Å². The Morgan fingerprint density at radius 1 is 1.27 bits per heavy atom. The largest absolute Gasteiger partial charge is 0.493 e. The van der Waals surface area contributed by atoms with Gasteiger partial charge in [-0.25, -0.2) is 0 Å². The molecule has 2 aromatic carbocycles. The van der Waals surface area contributed by atoms with Crippen LogP contribution >= 0.6 is 0 Å². The summed E-state index contributed by atoms with van der Waals surface area (Å²) in [4.78, 5) is 25.5. The van der Waals surface area contributed by atoms with Crippen molar-refractivity contribution in [2.45, 2.75) is 18.6 Å². The molecule has 0 saturated carbocycles. The first-order chi connectivity index (χ1) is 15.8. The van der Waals surface area contributed by atoms with E-state index in [2.05, 4.69) is 11.9 Å². The number of rotatable bonds is 7. The highest BCUT2D eigenvalue weighted by molar-refractivity contribution is 5.86. The van der Waals surface area contributed by atoms with E-state index in [4.69, 9.17) is 9.47 Å². The summed E-state index contributed by atoms with van der Waals surface area (Å²) in [6.45, 7) is 5.20. The number of hydrogen-bond donors (Lipinski definition) is 1. The van der Waals surface area contributed by atoms with Crippen molar-refractivity contribution < 1.29 is 32.3 Å². The third-order valence-electron chi connectivity index (χ3n) is 5.65. The number of benzene rings is 2. The van der Waals surface area contributed by atoms with Gasteiger partial charge in [0.25, 0.3) is 6.04 Å². The van der Waals surface area contributed by atoms with Crippen LogP contribution in [-0.2, 0) is 15.7 Å². The van der Waals surface area contributed by atoms with Crippen LogP contribution in [0.3, 0.4) is 0 Å². The summed E-state index contributed by atoms with van der Waals surface area (Å²) in [5, 5.41) is 3.90. The maximum atomic E-state index is 13.2. The van der Waals surface area contributed by atoms with Gasteiger partial charge in [0, 0.05) is 12.5 Å². The Bertz CT molecular complexity index is 1050. The number of hydrazine groups is 1. The predicted octanol–water partition coefficient (Wildman–Crippen LogP) is 4.31. The van der Waals surface area contributed by atoms with E-state index in [1.807, 2.05) is 0 Å². The first-order valence-corrected chi connectivity index (χ1v) is 10.5. The van der Waals surface area contributed by atoms with Crippen LogP contribution in [0.5, 0.6) is 5.75 Å². The fourth-order valence-corrected chi connectivity index (χ4v) is 3.88. The molecule has 2 aliphatic heterocycles. The number of carbonyl (C=O) groups excluding carboxylic acids is 1. The average Bonchev–Trinajstić information content (AvgIpc) is 3.41. The summed E-state index contributed by atoms with van der Waals surface area (Å²) < 4.78 is 50.1. The van der Waals surface area contributed by atoms with Crippen LogP contribution in [0.15, 0.2) is 55.1 Å². The lowest BCUT2D eigenvalue weighted by atomic mass is 10.1. The fourth-order valence-electron chi connectivity index (χ4n) is 3.88. The molecule has 4 rings (SSSR count). The molecule has 0 aromatic heterocycles. The molecular formula is C23H23F3N3O4+. The van der Waals surface area contributed by atoms with Crippen LogP contribution in [0.2, 0.25) is 0 Å². The molecule has 2 aliphatic rings. The molecule has 1 fully saturated rings. The molecule has 10 heteroatoms. The van der Waals surface area contributed by atoms with Gasteiger partial charge in [-0.1, -0.05) is 11.6 Å². The van der Waals surface area contributed by atoms with Crippen molar-refractivity contribution in [3.8, 4) is 5.75 Å². The van der Waals surface area contributed by atoms with Crippen molar-refractivity contribution in [1.29, 1.82) is 0 Å². The van der Waals surface area contributed by atoms with E-state index >= 15 is 0 Å². The topological polar surface area (TPSA) is 70.9 Å². The summed E-state index contributed by atoms with van der Waals surface area (Å²) in [7, 11) is 0. The lowest BCUT2D eigenvalue weighted by Gasteiger charge is -2.13. The number of nitroso groups, excluding NO2 is 1. The molecule has 0 bridgehead atoms. The zero-order valence-electron chi connectivity index (χ0n) is 17.7. The molecule has 174 valence electrons. The minimum atomic E-state index is -4.48. The second kappa shape index (κ2) is 9.22. The molecule has 1 unspecified atom stereocenters. The van der Waals surface area contributed by atoms with E-state index in [9.17, 15) is 22.9 Å². The van der Waals surface area contributed by atoms with Crippen LogP contribution < -0.4 is 15.1 Å². The first kappa shape index (κ1) is 22.8. The minimum absolute atomic E-state index is 0.0155. The van der Waals surface area contributed by atoms with Crippen molar-refractivity contribution in [2.24, 2.45) is 5.92 Å². The summed E-state index contributed by atoms with van der Waals surface area (Å²) >= 11 is 0. The van der Waals surface area contributed by atoms with Gasteiger partial charge in [0.15, 0.2) is 0 Å². The third kappa shape index (κ3) is 4.85. The molecule has 1 saturated heterocycles. The van der Waals surface area contributed by atoms with E-state index in [-0.39, 0.29) is 12.2 Å². The maximum Gasteiger partial charge on any atom is 0.416 e. The molecular weight excluding hydrogens is 439 g/mol. The molecule has 2 aromatic rings. The van der Waals surface area contributed by atoms with E-state index in [0.29, 0.717) is 47.6 Å². The van der Waals surface area contributed by atoms with Crippen molar-refractivity contribution in [3.63, 3.8) is 0 Å². The second-order valence-corrected chi connectivity index (χ2v) is 7.89. The summed E-state index contributed by atoms with van der Waals surface area (Å²) in [5.41, 5.74) is 0.555. The quantitative estimate of drug-likeness (QED) is 0.491. The highest BCUT2D eigenvalue weighted by Crippen LogP contribution is 2.43. The molecule has 0 spiro atoms. The Morgan fingerprint density at radius 3 is 2.67 bits per heavy atom. The highest BCUT2D eigenvalue weighted by atomic mass is 19.4. The Kier molecular flexibility index (Phi) is 6.37. The number of fused-ring (bicyclic) bond motifs is 1. The third-order valence-corrected chi connectivity index (χ3v) is 5.65.